The third-order valence-corrected chi connectivity index (χ3v) is 3.61. The van der Waals surface area contributed by atoms with E-state index in [2.05, 4.69) is 45.9 Å². The molecule has 2 atom stereocenters. The molecule has 0 nitrogen and oxygen atoms in total. The van der Waals surface area contributed by atoms with Gasteiger partial charge in [0.15, 0.2) is 0 Å². The van der Waals surface area contributed by atoms with Crippen LogP contribution in [0.2, 0.25) is 0 Å². The Bertz CT molecular complexity index is 220. The Balaban J connectivity index is 2.61. The van der Waals surface area contributed by atoms with Crippen molar-refractivity contribution in [1.82, 2.24) is 0 Å². The highest BCUT2D eigenvalue weighted by Crippen LogP contribution is 2.29. The quantitative estimate of drug-likeness (QED) is 0.562. The van der Waals surface area contributed by atoms with Gasteiger partial charge in [0, 0.05) is 0 Å². The molecule has 0 radical (unpaired) electrons. The predicted molar refractivity (Wildman–Crippen MR) is 64.2 cm³/mol. The maximum Gasteiger partial charge on any atom is -0.0142 e. The highest BCUT2D eigenvalue weighted by atomic mass is 14.2. The molecule has 2 unspecified atom stereocenters. The fourth-order valence-corrected chi connectivity index (χ4v) is 2.05. The van der Waals surface area contributed by atoms with Crippen LogP contribution in [-0.4, -0.2) is 0 Å². The molecule has 0 aromatic heterocycles. The van der Waals surface area contributed by atoms with Crippen molar-refractivity contribution in [3.63, 3.8) is 0 Å². The minimum absolute atomic E-state index is 0.807. The van der Waals surface area contributed by atoms with Gasteiger partial charge in [-0.3, -0.25) is 0 Å². The summed E-state index contributed by atoms with van der Waals surface area (Å²) in [4.78, 5) is 0. The van der Waals surface area contributed by atoms with Gasteiger partial charge in [-0.25, -0.2) is 0 Å². The number of hydrogen-bond donors (Lipinski definition) is 0. The molecule has 0 heterocycles. The van der Waals surface area contributed by atoms with Gasteiger partial charge in [0.05, 0.1) is 0 Å². The zero-order valence-corrected chi connectivity index (χ0v) is 10.1. The predicted octanol–water partition coefficient (Wildman–Crippen LogP) is 4.58. The topological polar surface area (TPSA) is 0 Å². The van der Waals surface area contributed by atoms with Crippen LogP contribution in [0, 0.1) is 17.8 Å². The average Bonchev–Trinajstić information content (AvgIpc) is 2.11. The second-order valence-electron chi connectivity index (χ2n) is 5.06. The van der Waals surface area contributed by atoms with Crippen molar-refractivity contribution in [3.05, 3.63) is 23.8 Å². The SMILES string of the molecule is CC1=CCC(C(C)C(C)C)CC=CC1. The summed E-state index contributed by atoms with van der Waals surface area (Å²) < 4.78 is 0. The minimum Gasteiger partial charge on any atom is -0.0879 e. The van der Waals surface area contributed by atoms with Crippen LogP contribution in [0.4, 0.5) is 0 Å². The molecule has 0 amide bonds. The zero-order valence-electron chi connectivity index (χ0n) is 10.1. The molecule has 0 saturated carbocycles. The summed E-state index contributed by atoms with van der Waals surface area (Å²) in [5.74, 6) is 2.49. The molecule has 0 aromatic carbocycles. The Morgan fingerprint density at radius 3 is 2.50 bits per heavy atom. The van der Waals surface area contributed by atoms with Crippen LogP contribution in [0.25, 0.3) is 0 Å². The normalized spacial score (nSPS) is 25.5. The van der Waals surface area contributed by atoms with Gasteiger partial charge < -0.3 is 0 Å². The van der Waals surface area contributed by atoms with E-state index >= 15 is 0 Å². The standard InChI is InChI=1S/C14H24/c1-11(2)13(4)14-8-6-5-7-12(3)9-10-14/h5-6,9,11,13-14H,7-8,10H2,1-4H3. The van der Waals surface area contributed by atoms with Gasteiger partial charge in [-0.05, 0) is 43.9 Å². The summed E-state index contributed by atoms with van der Waals surface area (Å²) in [7, 11) is 0. The van der Waals surface area contributed by atoms with E-state index in [0.29, 0.717) is 0 Å². The van der Waals surface area contributed by atoms with Crippen molar-refractivity contribution in [1.29, 1.82) is 0 Å². The average molecular weight is 192 g/mol. The Morgan fingerprint density at radius 1 is 1.14 bits per heavy atom. The van der Waals surface area contributed by atoms with Crippen LogP contribution in [0.3, 0.4) is 0 Å². The largest absolute Gasteiger partial charge is 0.0879 e. The first-order valence-corrected chi connectivity index (χ1v) is 5.92. The summed E-state index contributed by atoms with van der Waals surface area (Å²) >= 11 is 0. The van der Waals surface area contributed by atoms with E-state index in [0.717, 1.165) is 24.2 Å². The highest BCUT2D eigenvalue weighted by molar-refractivity contribution is 5.07. The third-order valence-electron chi connectivity index (χ3n) is 3.61. The van der Waals surface area contributed by atoms with Crippen LogP contribution in [0.1, 0.15) is 47.0 Å². The maximum absolute atomic E-state index is 2.44. The fraction of sp³-hybridized carbons (Fsp3) is 0.714. The highest BCUT2D eigenvalue weighted by Gasteiger charge is 2.18. The van der Waals surface area contributed by atoms with E-state index in [1.165, 1.54) is 18.4 Å². The summed E-state index contributed by atoms with van der Waals surface area (Å²) in [6.45, 7) is 9.31. The van der Waals surface area contributed by atoms with Crippen LogP contribution >= 0.6 is 0 Å². The molecule has 0 heteroatoms. The molecule has 0 aliphatic heterocycles. The van der Waals surface area contributed by atoms with E-state index in [1.807, 2.05) is 0 Å². The molecule has 14 heavy (non-hydrogen) atoms. The molecule has 0 fully saturated rings. The van der Waals surface area contributed by atoms with Crippen LogP contribution in [0.15, 0.2) is 23.8 Å². The van der Waals surface area contributed by atoms with Crippen LogP contribution in [0.5, 0.6) is 0 Å². The van der Waals surface area contributed by atoms with Gasteiger partial charge >= 0.3 is 0 Å². The second kappa shape index (κ2) is 5.38. The monoisotopic (exact) mass is 192 g/mol. The lowest BCUT2D eigenvalue weighted by atomic mass is 9.80. The molecule has 0 saturated heterocycles. The van der Waals surface area contributed by atoms with Crippen molar-refractivity contribution < 1.29 is 0 Å². The third kappa shape index (κ3) is 3.32. The van der Waals surface area contributed by atoms with Gasteiger partial charge in [0.1, 0.15) is 0 Å². The van der Waals surface area contributed by atoms with Gasteiger partial charge in [-0.1, -0.05) is 44.6 Å². The first-order chi connectivity index (χ1) is 6.61. The molecule has 80 valence electrons. The summed E-state index contributed by atoms with van der Waals surface area (Å²) in [5.41, 5.74) is 1.53. The van der Waals surface area contributed by atoms with Crippen molar-refractivity contribution in [2.75, 3.05) is 0 Å². The molecule has 0 aromatic rings. The molecular weight excluding hydrogens is 168 g/mol. The molecule has 1 aliphatic carbocycles. The molecule has 0 spiro atoms. The van der Waals surface area contributed by atoms with Crippen molar-refractivity contribution in [3.8, 4) is 0 Å². The van der Waals surface area contributed by atoms with Gasteiger partial charge in [0.25, 0.3) is 0 Å². The lowest BCUT2D eigenvalue weighted by Gasteiger charge is -2.26. The van der Waals surface area contributed by atoms with E-state index in [1.54, 1.807) is 0 Å². The first kappa shape index (κ1) is 11.6. The van der Waals surface area contributed by atoms with Gasteiger partial charge in [-0.15, -0.1) is 0 Å². The lowest BCUT2D eigenvalue weighted by Crippen LogP contribution is -2.16. The van der Waals surface area contributed by atoms with Crippen LogP contribution < -0.4 is 0 Å². The number of allylic oxidation sites excluding steroid dienone is 4. The Morgan fingerprint density at radius 2 is 1.86 bits per heavy atom. The zero-order chi connectivity index (χ0) is 10.6. The van der Waals surface area contributed by atoms with E-state index in [4.69, 9.17) is 0 Å². The molecule has 0 N–H and O–H groups in total. The van der Waals surface area contributed by atoms with Crippen molar-refractivity contribution in [2.45, 2.75) is 47.0 Å². The van der Waals surface area contributed by atoms with E-state index < -0.39 is 0 Å². The van der Waals surface area contributed by atoms with Gasteiger partial charge in [0.2, 0.25) is 0 Å². The Hall–Kier alpha value is -0.520. The van der Waals surface area contributed by atoms with E-state index in [9.17, 15) is 0 Å². The number of rotatable bonds is 2. The Labute approximate surface area is 89.1 Å². The lowest BCUT2D eigenvalue weighted by molar-refractivity contribution is 0.279. The number of hydrogen-bond acceptors (Lipinski definition) is 0. The molecular formula is C14H24. The summed E-state index contributed by atoms with van der Waals surface area (Å²) in [5, 5.41) is 0. The first-order valence-electron chi connectivity index (χ1n) is 5.92. The molecule has 1 aliphatic rings. The van der Waals surface area contributed by atoms with Crippen LogP contribution in [-0.2, 0) is 0 Å². The summed E-state index contributed by atoms with van der Waals surface area (Å²) in [6, 6.07) is 0. The second-order valence-corrected chi connectivity index (χ2v) is 5.06. The van der Waals surface area contributed by atoms with Crippen molar-refractivity contribution in [2.24, 2.45) is 17.8 Å². The fourth-order valence-electron chi connectivity index (χ4n) is 2.05. The Kier molecular flexibility index (Phi) is 4.44. The summed E-state index contributed by atoms with van der Waals surface area (Å²) in [6.07, 6.45) is 10.8. The molecule has 0 bridgehead atoms. The molecule has 1 rings (SSSR count). The van der Waals surface area contributed by atoms with Crippen molar-refractivity contribution >= 4 is 0 Å². The van der Waals surface area contributed by atoms with E-state index in [-0.39, 0.29) is 0 Å². The minimum atomic E-state index is 0.807. The smallest absolute Gasteiger partial charge is 0.0142 e. The van der Waals surface area contributed by atoms with Gasteiger partial charge in [-0.2, -0.15) is 0 Å². The maximum atomic E-state index is 2.44.